The minimum absolute atomic E-state index is 0.479. The van der Waals surface area contributed by atoms with Crippen LogP contribution in [-0.4, -0.2) is 6.61 Å². The van der Waals surface area contributed by atoms with Crippen molar-refractivity contribution in [1.82, 2.24) is 0 Å². The lowest BCUT2D eigenvalue weighted by Crippen LogP contribution is -2.04. The lowest BCUT2D eigenvalue weighted by atomic mass is 10.1. The number of benzene rings is 3. The van der Waals surface area contributed by atoms with Gasteiger partial charge in [0.05, 0.1) is 11.1 Å². The van der Waals surface area contributed by atoms with Gasteiger partial charge in [0.1, 0.15) is 6.61 Å². The molecule has 0 saturated heterocycles. The van der Waals surface area contributed by atoms with Gasteiger partial charge in [0.25, 0.3) is 0 Å². The van der Waals surface area contributed by atoms with Crippen LogP contribution in [0.15, 0.2) is 69.6 Å². The molecule has 0 fully saturated rings. The first-order chi connectivity index (χ1) is 13.5. The van der Waals surface area contributed by atoms with E-state index in [9.17, 15) is 0 Å². The van der Waals surface area contributed by atoms with Crippen molar-refractivity contribution in [3.63, 3.8) is 0 Å². The maximum Gasteiger partial charge on any atom is 0.175 e. The van der Waals surface area contributed by atoms with Crippen LogP contribution in [0.25, 0.3) is 0 Å². The molecule has 0 aliphatic carbocycles. The van der Waals surface area contributed by atoms with Crippen LogP contribution >= 0.6 is 31.9 Å². The summed E-state index contributed by atoms with van der Waals surface area (Å²) in [5, 5.41) is 3.45. The molecule has 3 aromatic carbocycles. The van der Waals surface area contributed by atoms with Gasteiger partial charge in [0.15, 0.2) is 11.5 Å². The summed E-state index contributed by atoms with van der Waals surface area (Å²) in [7, 11) is 0. The Morgan fingerprint density at radius 1 is 0.857 bits per heavy atom. The SMILES string of the molecule is CCOc1cc(CNc2ccc(C)cc2)cc(Br)c1OCc1ccc(Br)cc1. The predicted molar refractivity (Wildman–Crippen MR) is 122 cm³/mol. The molecule has 0 radical (unpaired) electrons. The van der Waals surface area contributed by atoms with E-state index in [4.69, 9.17) is 9.47 Å². The molecule has 0 aromatic heterocycles. The van der Waals surface area contributed by atoms with Gasteiger partial charge in [0.2, 0.25) is 0 Å². The van der Waals surface area contributed by atoms with Crippen molar-refractivity contribution < 1.29 is 9.47 Å². The highest BCUT2D eigenvalue weighted by molar-refractivity contribution is 9.10. The van der Waals surface area contributed by atoms with Crippen LogP contribution in [-0.2, 0) is 13.2 Å². The smallest absolute Gasteiger partial charge is 0.175 e. The Labute approximate surface area is 183 Å². The summed E-state index contributed by atoms with van der Waals surface area (Å²) in [4.78, 5) is 0. The second-order valence-corrected chi connectivity index (χ2v) is 8.24. The van der Waals surface area contributed by atoms with E-state index in [0.29, 0.717) is 19.8 Å². The van der Waals surface area contributed by atoms with Crippen LogP contribution < -0.4 is 14.8 Å². The molecule has 0 spiro atoms. The zero-order valence-electron chi connectivity index (χ0n) is 16.0. The van der Waals surface area contributed by atoms with E-state index in [1.165, 1.54) is 5.56 Å². The van der Waals surface area contributed by atoms with Gasteiger partial charge in [-0.1, -0.05) is 45.8 Å². The summed E-state index contributed by atoms with van der Waals surface area (Å²) >= 11 is 7.10. The molecule has 0 saturated carbocycles. The topological polar surface area (TPSA) is 30.5 Å². The fourth-order valence-electron chi connectivity index (χ4n) is 2.74. The minimum atomic E-state index is 0.479. The zero-order valence-corrected chi connectivity index (χ0v) is 19.1. The van der Waals surface area contributed by atoms with E-state index in [0.717, 1.165) is 37.3 Å². The molecule has 0 unspecified atom stereocenters. The van der Waals surface area contributed by atoms with E-state index in [2.05, 4.69) is 74.4 Å². The van der Waals surface area contributed by atoms with Crippen LogP contribution in [0.1, 0.15) is 23.6 Å². The second kappa shape index (κ2) is 9.99. The number of nitrogens with one attached hydrogen (secondary N) is 1. The average Bonchev–Trinajstić information content (AvgIpc) is 2.68. The molecule has 3 nitrogen and oxygen atoms in total. The highest BCUT2D eigenvalue weighted by Crippen LogP contribution is 2.37. The number of ether oxygens (including phenoxy) is 2. The maximum atomic E-state index is 6.07. The second-order valence-electron chi connectivity index (χ2n) is 6.47. The van der Waals surface area contributed by atoms with Crippen LogP contribution in [0.3, 0.4) is 0 Å². The minimum Gasteiger partial charge on any atom is -0.490 e. The highest BCUT2D eigenvalue weighted by Gasteiger charge is 2.13. The van der Waals surface area contributed by atoms with Gasteiger partial charge in [-0.25, -0.2) is 0 Å². The van der Waals surface area contributed by atoms with Crippen molar-refractivity contribution in [2.24, 2.45) is 0 Å². The van der Waals surface area contributed by atoms with Crippen molar-refractivity contribution in [1.29, 1.82) is 0 Å². The third kappa shape index (κ3) is 5.76. The van der Waals surface area contributed by atoms with Crippen molar-refractivity contribution in [3.8, 4) is 11.5 Å². The van der Waals surface area contributed by atoms with Crippen molar-refractivity contribution in [2.75, 3.05) is 11.9 Å². The van der Waals surface area contributed by atoms with Crippen molar-refractivity contribution in [2.45, 2.75) is 27.0 Å². The first kappa shape index (κ1) is 20.7. The average molecular weight is 505 g/mol. The van der Waals surface area contributed by atoms with Gasteiger partial charge < -0.3 is 14.8 Å². The van der Waals surface area contributed by atoms with Crippen LogP contribution in [0.2, 0.25) is 0 Å². The van der Waals surface area contributed by atoms with Crippen LogP contribution in [0.4, 0.5) is 5.69 Å². The van der Waals surface area contributed by atoms with Gasteiger partial charge >= 0.3 is 0 Å². The number of hydrogen-bond donors (Lipinski definition) is 1. The Morgan fingerprint density at radius 2 is 1.57 bits per heavy atom. The standard InChI is InChI=1S/C23H23Br2NO2/c1-3-27-22-13-18(14-26-20-10-4-16(2)5-11-20)12-21(25)23(22)28-15-17-6-8-19(24)9-7-17/h4-13,26H,3,14-15H2,1-2H3. The monoisotopic (exact) mass is 503 g/mol. The van der Waals surface area contributed by atoms with Crippen molar-refractivity contribution >= 4 is 37.5 Å². The number of aryl methyl sites for hydroxylation is 1. The number of anilines is 1. The molecule has 0 aliphatic heterocycles. The van der Waals surface area contributed by atoms with E-state index in [-0.39, 0.29) is 0 Å². The fourth-order valence-corrected chi connectivity index (χ4v) is 3.61. The van der Waals surface area contributed by atoms with Gasteiger partial charge in [-0.2, -0.15) is 0 Å². The Kier molecular flexibility index (Phi) is 7.40. The summed E-state index contributed by atoms with van der Waals surface area (Å²) in [5.74, 6) is 1.47. The molecule has 0 bridgehead atoms. The number of halogens is 2. The molecule has 0 heterocycles. The molecule has 28 heavy (non-hydrogen) atoms. The third-order valence-electron chi connectivity index (χ3n) is 4.21. The summed E-state index contributed by atoms with van der Waals surface area (Å²) in [5.41, 5.74) is 4.56. The quantitative estimate of drug-likeness (QED) is 0.354. The maximum absolute atomic E-state index is 6.07. The molecule has 3 rings (SSSR count). The molecule has 0 aliphatic rings. The normalized spacial score (nSPS) is 10.6. The first-order valence-corrected chi connectivity index (χ1v) is 10.8. The van der Waals surface area contributed by atoms with E-state index in [1.54, 1.807) is 0 Å². The third-order valence-corrected chi connectivity index (χ3v) is 5.33. The Balaban J connectivity index is 1.73. The Morgan fingerprint density at radius 3 is 2.25 bits per heavy atom. The highest BCUT2D eigenvalue weighted by atomic mass is 79.9. The molecule has 5 heteroatoms. The zero-order chi connectivity index (χ0) is 19.9. The number of hydrogen-bond acceptors (Lipinski definition) is 3. The molecular formula is C23H23Br2NO2. The summed E-state index contributed by atoms with van der Waals surface area (Å²) in [6.07, 6.45) is 0. The van der Waals surface area contributed by atoms with Crippen molar-refractivity contribution in [3.05, 3.63) is 86.3 Å². The lowest BCUT2D eigenvalue weighted by Gasteiger charge is -2.16. The van der Waals surface area contributed by atoms with E-state index >= 15 is 0 Å². The van der Waals surface area contributed by atoms with Crippen LogP contribution in [0, 0.1) is 6.92 Å². The first-order valence-electron chi connectivity index (χ1n) is 9.18. The summed E-state index contributed by atoms with van der Waals surface area (Å²) < 4.78 is 13.9. The predicted octanol–water partition coefficient (Wildman–Crippen LogP) is 7.11. The lowest BCUT2D eigenvalue weighted by molar-refractivity contribution is 0.267. The Bertz CT molecular complexity index is 909. The largest absolute Gasteiger partial charge is 0.490 e. The molecular weight excluding hydrogens is 482 g/mol. The number of rotatable bonds is 8. The molecule has 0 atom stereocenters. The molecule has 0 amide bonds. The van der Waals surface area contributed by atoms with E-state index in [1.807, 2.05) is 37.3 Å². The molecule has 3 aromatic rings. The van der Waals surface area contributed by atoms with Gasteiger partial charge in [-0.15, -0.1) is 0 Å². The fraction of sp³-hybridized carbons (Fsp3) is 0.217. The summed E-state index contributed by atoms with van der Waals surface area (Å²) in [6.45, 7) is 5.82. The van der Waals surface area contributed by atoms with Gasteiger partial charge in [-0.3, -0.25) is 0 Å². The van der Waals surface area contributed by atoms with Gasteiger partial charge in [0, 0.05) is 16.7 Å². The van der Waals surface area contributed by atoms with Crippen LogP contribution in [0.5, 0.6) is 11.5 Å². The van der Waals surface area contributed by atoms with Gasteiger partial charge in [-0.05, 0) is 77.3 Å². The summed E-state index contributed by atoms with van der Waals surface area (Å²) in [6, 6.07) is 20.6. The van der Waals surface area contributed by atoms with E-state index < -0.39 is 0 Å². The molecule has 146 valence electrons. The molecule has 1 N–H and O–H groups in total. The Hall–Kier alpha value is -1.98.